The molecule has 1 atom stereocenters. The van der Waals surface area contributed by atoms with Crippen LogP contribution in [0, 0.1) is 0 Å². The van der Waals surface area contributed by atoms with Gasteiger partial charge in [-0.2, -0.15) is 0 Å². The topological polar surface area (TPSA) is 78.1 Å². The Balaban J connectivity index is 0.00000242. The van der Waals surface area contributed by atoms with Crippen LogP contribution in [0.2, 0.25) is 0 Å². The van der Waals surface area contributed by atoms with Crippen LogP contribution in [0.5, 0.6) is 0 Å². The zero-order chi connectivity index (χ0) is 15.3. The van der Waals surface area contributed by atoms with Crippen molar-refractivity contribution in [2.45, 2.75) is 19.3 Å². The number of hydrogen-bond acceptors (Lipinski definition) is 5. The van der Waals surface area contributed by atoms with E-state index >= 15 is 0 Å². The van der Waals surface area contributed by atoms with Gasteiger partial charge in [-0.25, -0.2) is 9.97 Å². The molecule has 2 rings (SSSR count). The number of ether oxygens (including phenoxy) is 1. The van der Waals surface area contributed by atoms with E-state index in [-0.39, 0.29) is 24.9 Å². The molecule has 2 aromatic rings. The number of nitrogens with two attached hydrogens (primary N) is 1. The van der Waals surface area contributed by atoms with Crippen molar-refractivity contribution in [2.24, 2.45) is 5.73 Å². The summed E-state index contributed by atoms with van der Waals surface area (Å²) in [5.41, 5.74) is 6.60. The number of carbonyl (C=O) groups is 1. The van der Waals surface area contributed by atoms with E-state index in [2.05, 4.69) is 9.97 Å². The second-order valence-corrected chi connectivity index (χ2v) is 4.91. The van der Waals surface area contributed by atoms with Gasteiger partial charge in [0.2, 0.25) is 0 Å². The van der Waals surface area contributed by atoms with Gasteiger partial charge in [0, 0.05) is 24.5 Å². The van der Waals surface area contributed by atoms with Gasteiger partial charge in [0.25, 0.3) is 0 Å². The van der Waals surface area contributed by atoms with Crippen LogP contribution >= 0.6 is 12.4 Å². The molecule has 0 aliphatic heterocycles. The van der Waals surface area contributed by atoms with E-state index in [4.69, 9.17) is 10.5 Å². The summed E-state index contributed by atoms with van der Waals surface area (Å²) in [6.45, 7) is 4.07. The Bertz CT molecular complexity index is 622. The van der Waals surface area contributed by atoms with Gasteiger partial charge in [-0.1, -0.05) is 18.2 Å². The second-order valence-electron chi connectivity index (χ2n) is 4.91. The highest BCUT2D eigenvalue weighted by Gasteiger charge is 2.35. The minimum atomic E-state index is -0.874. The van der Waals surface area contributed by atoms with Crippen LogP contribution in [-0.2, 0) is 14.9 Å². The van der Waals surface area contributed by atoms with Gasteiger partial charge < -0.3 is 10.5 Å². The van der Waals surface area contributed by atoms with Crippen LogP contribution in [0.25, 0.3) is 11.4 Å². The van der Waals surface area contributed by atoms with Gasteiger partial charge in [-0.15, -0.1) is 12.4 Å². The van der Waals surface area contributed by atoms with E-state index in [1.165, 1.54) is 0 Å². The summed E-state index contributed by atoms with van der Waals surface area (Å²) in [5, 5.41) is 0. The fraction of sp³-hybridized carbons (Fsp3) is 0.312. The van der Waals surface area contributed by atoms with Crippen molar-refractivity contribution in [3.8, 4) is 11.4 Å². The highest BCUT2D eigenvalue weighted by atomic mass is 35.5. The number of benzene rings is 1. The molecule has 0 aliphatic rings. The van der Waals surface area contributed by atoms with Gasteiger partial charge >= 0.3 is 5.97 Å². The molecule has 0 fully saturated rings. The standard InChI is InChI=1S/C16H19N3O2.ClH/c1-3-21-15(20)16(2,11-17)13-7-4-6-12(10-13)14-18-8-5-9-19-14;/h4-10H,3,11,17H2,1-2H3;1H. The Kier molecular flexibility index (Phi) is 6.46. The maximum atomic E-state index is 12.2. The van der Waals surface area contributed by atoms with E-state index in [9.17, 15) is 4.79 Å². The molecule has 2 N–H and O–H groups in total. The van der Waals surface area contributed by atoms with Crippen molar-refractivity contribution in [3.63, 3.8) is 0 Å². The van der Waals surface area contributed by atoms with E-state index < -0.39 is 5.41 Å². The summed E-state index contributed by atoms with van der Waals surface area (Å²) in [6.07, 6.45) is 3.37. The summed E-state index contributed by atoms with van der Waals surface area (Å²) < 4.78 is 5.15. The maximum absolute atomic E-state index is 12.2. The third-order valence-electron chi connectivity index (χ3n) is 3.46. The number of hydrogen-bond donors (Lipinski definition) is 1. The third-order valence-corrected chi connectivity index (χ3v) is 3.46. The summed E-state index contributed by atoms with van der Waals surface area (Å²) in [6, 6.07) is 9.29. The first-order valence-electron chi connectivity index (χ1n) is 6.87. The summed E-state index contributed by atoms with van der Waals surface area (Å²) >= 11 is 0. The van der Waals surface area contributed by atoms with Crippen molar-refractivity contribution in [1.29, 1.82) is 0 Å². The molecule has 0 saturated heterocycles. The maximum Gasteiger partial charge on any atom is 0.317 e. The number of esters is 1. The largest absolute Gasteiger partial charge is 0.465 e. The van der Waals surface area contributed by atoms with E-state index in [1.807, 2.05) is 24.3 Å². The van der Waals surface area contributed by atoms with E-state index in [0.29, 0.717) is 12.4 Å². The SMILES string of the molecule is CCOC(=O)C(C)(CN)c1cccc(-c2ncccn2)c1.Cl. The first kappa shape index (κ1) is 18.1. The molecule has 118 valence electrons. The van der Waals surface area contributed by atoms with Crippen LogP contribution in [-0.4, -0.2) is 29.1 Å². The molecule has 0 amide bonds. The smallest absolute Gasteiger partial charge is 0.317 e. The molecule has 0 saturated carbocycles. The molecule has 0 aliphatic carbocycles. The molecule has 1 aromatic heterocycles. The Morgan fingerprint density at radius 1 is 1.27 bits per heavy atom. The first-order chi connectivity index (χ1) is 10.1. The van der Waals surface area contributed by atoms with Gasteiger partial charge in [0.05, 0.1) is 6.61 Å². The van der Waals surface area contributed by atoms with Gasteiger partial charge in [-0.05, 0) is 31.5 Å². The van der Waals surface area contributed by atoms with Crippen LogP contribution in [0.3, 0.4) is 0 Å². The van der Waals surface area contributed by atoms with Crippen molar-refractivity contribution in [1.82, 2.24) is 9.97 Å². The summed E-state index contributed by atoms with van der Waals surface area (Å²) in [4.78, 5) is 20.7. The number of halogens is 1. The second kappa shape index (κ2) is 7.87. The molecular formula is C16H20ClN3O2. The highest BCUT2D eigenvalue weighted by molar-refractivity contribution is 5.85. The average molecular weight is 322 g/mol. The molecule has 0 radical (unpaired) electrons. The van der Waals surface area contributed by atoms with Gasteiger partial charge in [-0.3, -0.25) is 4.79 Å². The Labute approximate surface area is 136 Å². The molecule has 5 nitrogen and oxygen atoms in total. The zero-order valence-corrected chi connectivity index (χ0v) is 13.5. The Morgan fingerprint density at radius 3 is 2.55 bits per heavy atom. The van der Waals surface area contributed by atoms with Gasteiger partial charge in [0.15, 0.2) is 5.82 Å². The lowest BCUT2D eigenvalue weighted by atomic mass is 9.82. The third kappa shape index (κ3) is 3.61. The Hall–Kier alpha value is -1.98. The minimum Gasteiger partial charge on any atom is -0.465 e. The first-order valence-corrected chi connectivity index (χ1v) is 6.87. The molecule has 1 aromatic carbocycles. The van der Waals surface area contributed by atoms with Crippen LogP contribution in [0.15, 0.2) is 42.7 Å². The average Bonchev–Trinajstić information content (AvgIpc) is 2.55. The molecule has 6 heteroatoms. The predicted molar refractivity (Wildman–Crippen MR) is 87.8 cm³/mol. The number of rotatable bonds is 5. The van der Waals surface area contributed by atoms with Crippen molar-refractivity contribution < 1.29 is 9.53 Å². The van der Waals surface area contributed by atoms with Gasteiger partial charge in [0.1, 0.15) is 5.41 Å². The molecule has 0 spiro atoms. The minimum absolute atomic E-state index is 0. The molecule has 22 heavy (non-hydrogen) atoms. The molecule has 0 bridgehead atoms. The fourth-order valence-corrected chi connectivity index (χ4v) is 2.06. The van der Waals surface area contributed by atoms with Crippen LogP contribution in [0.4, 0.5) is 0 Å². The normalized spacial score (nSPS) is 12.9. The van der Waals surface area contributed by atoms with Crippen molar-refractivity contribution in [3.05, 3.63) is 48.3 Å². The van der Waals surface area contributed by atoms with Crippen LogP contribution in [0.1, 0.15) is 19.4 Å². The Morgan fingerprint density at radius 2 is 1.95 bits per heavy atom. The monoisotopic (exact) mass is 321 g/mol. The predicted octanol–water partition coefficient (Wildman–Crippen LogP) is 2.34. The number of nitrogens with zero attached hydrogens (tertiary/aromatic N) is 2. The quantitative estimate of drug-likeness (QED) is 0.855. The molecule has 1 unspecified atom stereocenters. The van der Waals surface area contributed by atoms with Crippen molar-refractivity contribution in [2.75, 3.05) is 13.2 Å². The zero-order valence-electron chi connectivity index (χ0n) is 12.7. The van der Waals surface area contributed by atoms with E-state index in [0.717, 1.165) is 11.1 Å². The summed E-state index contributed by atoms with van der Waals surface area (Å²) in [5.74, 6) is 0.293. The van der Waals surface area contributed by atoms with Crippen molar-refractivity contribution >= 4 is 18.4 Å². The fourth-order valence-electron chi connectivity index (χ4n) is 2.06. The highest BCUT2D eigenvalue weighted by Crippen LogP contribution is 2.27. The molecule has 1 heterocycles. The lowest BCUT2D eigenvalue weighted by molar-refractivity contribution is -0.149. The summed E-state index contributed by atoms with van der Waals surface area (Å²) in [7, 11) is 0. The van der Waals surface area contributed by atoms with Crippen LogP contribution < -0.4 is 5.73 Å². The molecular weight excluding hydrogens is 302 g/mol. The van der Waals surface area contributed by atoms with E-state index in [1.54, 1.807) is 32.3 Å². The lowest BCUT2D eigenvalue weighted by Crippen LogP contribution is -2.41. The number of carbonyl (C=O) groups excluding carboxylic acids is 1. The lowest BCUT2D eigenvalue weighted by Gasteiger charge is -2.26. The number of aromatic nitrogens is 2.